The number of rotatable bonds is 14. The fourth-order valence-corrected chi connectivity index (χ4v) is 6.34. The molecule has 2 heterocycles. The van der Waals surface area contributed by atoms with Gasteiger partial charge < -0.3 is 24.1 Å². The summed E-state index contributed by atoms with van der Waals surface area (Å²) in [7, 11) is 6.12. The topological polar surface area (TPSA) is 154 Å². The van der Waals surface area contributed by atoms with Crippen molar-refractivity contribution in [3.8, 4) is 23.0 Å². The van der Waals surface area contributed by atoms with Crippen LogP contribution in [0.25, 0.3) is 21.8 Å². The predicted octanol–water partition coefficient (Wildman–Crippen LogP) is 8.07. The number of aromatic nitrogens is 2. The highest BCUT2D eigenvalue weighted by atomic mass is 17.2. The number of carboxylic acid groups (broad SMARTS) is 1. The molecule has 2 unspecified atom stereocenters. The number of aliphatic carboxylic acids is 1. The summed E-state index contributed by atoms with van der Waals surface area (Å²) in [5.41, 5.74) is 2.86. The summed E-state index contributed by atoms with van der Waals surface area (Å²) in [6.45, 7) is 6.06. The summed E-state index contributed by atoms with van der Waals surface area (Å²) in [6, 6.07) is 14.9. The lowest BCUT2D eigenvalue weighted by Gasteiger charge is -2.17. The van der Waals surface area contributed by atoms with Crippen LogP contribution in [-0.4, -0.2) is 67.5 Å². The molecule has 4 aromatic rings. The van der Waals surface area contributed by atoms with Crippen LogP contribution in [0.3, 0.4) is 0 Å². The molecule has 53 heavy (non-hydrogen) atoms. The van der Waals surface area contributed by atoms with E-state index >= 15 is 0 Å². The quantitative estimate of drug-likeness (QED) is 0.0980. The number of fused-ring (bicyclic) bond motifs is 2. The van der Waals surface area contributed by atoms with E-state index in [1.54, 1.807) is 21.1 Å². The number of nitrogens with zero attached hydrogens (tertiary/aromatic N) is 2. The number of benzene rings is 2. The normalized spacial score (nSPS) is 18.9. The van der Waals surface area contributed by atoms with Gasteiger partial charge in [-0.05, 0) is 69.7 Å². The van der Waals surface area contributed by atoms with Crippen LogP contribution in [0.2, 0.25) is 0 Å². The van der Waals surface area contributed by atoms with Gasteiger partial charge in [0.15, 0.2) is 0 Å². The van der Waals surface area contributed by atoms with Gasteiger partial charge in [-0.2, -0.15) is 0 Å². The first-order chi connectivity index (χ1) is 25.2. The van der Waals surface area contributed by atoms with Gasteiger partial charge in [0.05, 0.1) is 69.0 Å². The molecule has 0 radical (unpaired) electrons. The third kappa shape index (κ3) is 11.7. The van der Waals surface area contributed by atoms with Crippen molar-refractivity contribution in [1.29, 1.82) is 0 Å². The Morgan fingerprint density at radius 2 is 1.11 bits per heavy atom. The maximum Gasteiger partial charge on any atom is 0.306 e. The van der Waals surface area contributed by atoms with Gasteiger partial charge >= 0.3 is 5.97 Å². The van der Waals surface area contributed by atoms with Crippen molar-refractivity contribution in [2.45, 2.75) is 92.1 Å². The summed E-state index contributed by atoms with van der Waals surface area (Å²) in [4.78, 5) is 51.2. The maximum atomic E-state index is 11.6. The van der Waals surface area contributed by atoms with Crippen molar-refractivity contribution in [2.24, 2.45) is 11.8 Å². The molecule has 6 rings (SSSR count). The van der Waals surface area contributed by atoms with Crippen LogP contribution in [0.15, 0.2) is 48.5 Å². The maximum absolute atomic E-state index is 11.6. The van der Waals surface area contributed by atoms with Crippen molar-refractivity contribution < 1.29 is 53.2 Å². The Balaban J connectivity index is 0.000000268. The zero-order valence-electron chi connectivity index (χ0n) is 31.0. The van der Waals surface area contributed by atoms with Crippen LogP contribution < -0.4 is 18.9 Å². The molecule has 2 saturated carbocycles. The second-order valence-corrected chi connectivity index (χ2v) is 12.3. The molecule has 13 nitrogen and oxygen atoms in total. The third-order valence-corrected chi connectivity index (χ3v) is 8.99. The van der Waals surface area contributed by atoms with E-state index in [9.17, 15) is 9.59 Å². The van der Waals surface area contributed by atoms with E-state index in [4.69, 9.17) is 33.8 Å². The molecule has 0 bridgehead atoms. The monoisotopic (exact) mass is 738 g/mol. The zero-order chi connectivity index (χ0) is 37.6. The van der Waals surface area contributed by atoms with Gasteiger partial charge in [0.1, 0.15) is 42.0 Å². The lowest BCUT2D eigenvalue weighted by molar-refractivity contribution is -0.282. The molecule has 0 aliphatic heterocycles. The predicted molar refractivity (Wildman–Crippen MR) is 200 cm³/mol. The van der Waals surface area contributed by atoms with E-state index in [2.05, 4.69) is 19.7 Å². The van der Waals surface area contributed by atoms with Crippen molar-refractivity contribution in [3.05, 3.63) is 59.9 Å². The molecule has 4 atom stereocenters. The van der Waals surface area contributed by atoms with Gasteiger partial charge in [-0.3, -0.25) is 9.59 Å². The number of carboxylic acids is 1. The Kier molecular flexibility index (Phi) is 17.2. The van der Waals surface area contributed by atoms with E-state index in [0.717, 1.165) is 59.0 Å². The Morgan fingerprint density at radius 1 is 0.679 bits per heavy atom. The molecular formula is C40H54N2O11. The second kappa shape index (κ2) is 21.2. The largest absolute Gasteiger partial charge is 0.497 e. The SMILES string of the molecule is C.CC.COOCc1cc(OC2CC[C@H](C(=O)O)C2)c2ccc(OC)cc2n1.COOCc1cc(OC2CC[C@H](C(C)=O)C2)c2ccc(OC)cc2n1. The van der Waals surface area contributed by atoms with Crippen molar-refractivity contribution in [2.75, 3.05) is 28.4 Å². The van der Waals surface area contributed by atoms with E-state index in [0.29, 0.717) is 35.7 Å². The molecule has 2 fully saturated rings. The number of methoxy groups -OCH3 is 2. The molecule has 2 aliphatic rings. The number of carbonyl (C=O) groups is 2. The summed E-state index contributed by atoms with van der Waals surface area (Å²) < 4.78 is 22.9. The number of pyridine rings is 2. The molecule has 0 saturated heterocycles. The molecule has 1 N–H and O–H groups in total. The Labute approximate surface area is 311 Å². The van der Waals surface area contributed by atoms with Gasteiger partial charge in [0.25, 0.3) is 0 Å². The molecule has 290 valence electrons. The number of ketones is 1. The van der Waals surface area contributed by atoms with Crippen LogP contribution in [0.5, 0.6) is 23.0 Å². The van der Waals surface area contributed by atoms with Gasteiger partial charge in [0.2, 0.25) is 0 Å². The highest BCUT2D eigenvalue weighted by Crippen LogP contribution is 2.36. The molecule has 2 aromatic heterocycles. The first kappa shape index (κ1) is 42.8. The van der Waals surface area contributed by atoms with Crippen LogP contribution in [-0.2, 0) is 42.4 Å². The minimum Gasteiger partial charge on any atom is -0.497 e. The van der Waals surface area contributed by atoms with Gasteiger partial charge in [-0.1, -0.05) is 21.3 Å². The first-order valence-corrected chi connectivity index (χ1v) is 17.5. The van der Waals surface area contributed by atoms with Crippen molar-refractivity contribution in [1.82, 2.24) is 9.97 Å². The minimum atomic E-state index is -0.760. The van der Waals surface area contributed by atoms with Gasteiger partial charge in [0, 0.05) is 41.0 Å². The number of hydrogen-bond acceptors (Lipinski definition) is 12. The summed E-state index contributed by atoms with van der Waals surface area (Å²) in [5.74, 6) is 2.09. The van der Waals surface area contributed by atoms with Crippen molar-refractivity contribution in [3.63, 3.8) is 0 Å². The van der Waals surface area contributed by atoms with Gasteiger partial charge in [-0.15, -0.1) is 0 Å². The number of hydrogen-bond donors (Lipinski definition) is 1. The first-order valence-electron chi connectivity index (χ1n) is 17.5. The van der Waals surface area contributed by atoms with Crippen molar-refractivity contribution >= 4 is 33.6 Å². The van der Waals surface area contributed by atoms with E-state index in [1.807, 2.05) is 62.4 Å². The van der Waals surface area contributed by atoms with Crippen LogP contribution in [0.4, 0.5) is 0 Å². The second-order valence-electron chi connectivity index (χ2n) is 12.3. The molecule has 0 spiro atoms. The Hall–Kier alpha value is -4.56. The number of Topliss-reactive ketones (excluding diaryl/α,β-unsaturated/α-hetero) is 1. The van der Waals surface area contributed by atoms with E-state index < -0.39 is 5.97 Å². The third-order valence-electron chi connectivity index (χ3n) is 8.99. The van der Waals surface area contributed by atoms with E-state index in [-0.39, 0.29) is 50.5 Å². The van der Waals surface area contributed by atoms with E-state index in [1.165, 1.54) is 14.2 Å². The average molecular weight is 739 g/mol. The molecule has 2 aliphatic carbocycles. The van der Waals surface area contributed by atoms with Crippen LogP contribution in [0.1, 0.15) is 78.1 Å². The van der Waals surface area contributed by atoms with Gasteiger partial charge in [-0.25, -0.2) is 29.5 Å². The zero-order valence-corrected chi connectivity index (χ0v) is 31.0. The summed E-state index contributed by atoms with van der Waals surface area (Å²) >= 11 is 0. The highest BCUT2D eigenvalue weighted by molar-refractivity contribution is 5.87. The minimum absolute atomic E-state index is 0. The summed E-state index contributed by atoms with van der Waals surface area (Å²) in [5, 5.41) is 10.9. The molecule has 13 heteroatoms. The fraction of sp³-hybridized carbons (Fsp3) is 0.500. The average Bonchev–Trinajstić information content (AvgIpc) is 3.84. The van der Waals surface area contributed by atoms with Crippen LogP contribution in [0, 0.1) is 11.8 Å². The summed E-state index contributed by atoms with van der Waals surface area (Å²) in [6.07, 6.45) is 4.32. The number of ether oxygens (including phenoxy) is 4. The lowest BCUT2D eigenvalue weighted by atomic mass is 10.0. The van der Waals surface area contributed by atoms with Crippen LogP contribution >= 0.6 is 0 Å². The molecule has 2 aromatic carbocycles. The Bertz CT molecular complexity index is 1650. The smallest absolute Gasteiger partial charge is 0.306 e. The molecular weight excluding hydrogens is 684 g/mol. The molecule has 0 amide bonds. The number of carbonyl (C=O) groups excluding carboxylic acids is 1. The lowest BCUT2D eigenvalue weighted by Crippen LogP contribution is -2.16. The highest BCUT2D eigenvalue weighted by Gasteiger charge is 2.32. The fourth-order valence-electron chi connectivity index (χ4n) is 6.34. The Morgan fingerprint density at radius 3 is 1.47 bits per heavy atom. The standard InChI is InChI=1S/C19H23NO5.C18H21NO6.C2H6.CH4/c1-12(21)13-4-5-16(8-13)25-19-9-14(11-24-23-3)20-18-10-15(22-2)6-7-17(18)19;1-22-13-5-6-15-16(9-13)19-12(10-24-23-2)8-17(15)25-14-4-3-11(7-14)18(20)21;1-2;/h6-7,9-10,13,16H,4-5,8,11H2,1-3H3;5-6,8-9,11,14H,3-4,7,10H2,1-2H3,(H,20,21);1-2H3;1H4/t13-,16?;11-,14?;;/m00../s1.